The second-order valence-corrected chi connectivity index (χ2v) is 4.80. The summed E-state index contributed by atoms with van der Waals surface area (Å²) in [6.45, 7) is 5.71. The fourth-order valence-corrected chi connectivity index (χ4v) is 1.63. The molecule has 1 aromatic heterocycles. The van der Waals surface area contributed by atoms with Gasteiger partial charge in [0.05, 0.1) is 6.20 Å². The molecule has 0 fully saturated rings. The topological polar surface area (TPSA) is 45.5 Å². The minimum atomic E-state index is -0.308. The van der Waals surface area contributed by atoms with E-state index in [2.05, 4.69) is 13.8 Å². The Bertz CT molecular complexity index is 408. The molecule has 1 aromatic rings. The average Bonchev–Trinajstić information content (AvgIpc) is 2.11. The highest BCUT2D eigenvalue weighted by atomic mass is 16.3. The second kappa shape index (κ2) is 5.16. The third kappa shape index (κ3) is 3.38. The SMILES string of the molecule is CC(C)Cn1cc(O)c(=O)cc1CN(C)C. The Hall–Kier alpha value is -1.29. The average molecular weight is 224 g/mol. The second-order valence-electron chi connectivity index (χ2n) is 4.80. The highest BCUT2D eigenvalue weighted by Gasteiger charge is 2.07. The smallest absolute Gasteiger partial charge is 0.223 e. The number of aromatic hydroxyl groups is 1. The highest BCUT2D eigenvalue weighted by molar-refractivity contribution is 5.20. The normalized spacial score (nSPS) is 11.4. The molecule has 0 atom stereocenters. The van der Waals surface area contributed by atoms with Crippen molar-refractivity contribution < 1.29 is 5.11 Å². The molecule has 0 aliphatic rings. The maximum Gasteiger partial charge on any atom is 0.223 e. The maximum absolute atomic E-state index is 11.4. The van der Waals surface area contributed by atoms with Crippen LogP contribution in [0.3, 0.4) is 0 Å². The molecule has 0 radical (unpaired) electrons. The molecule has 4 heteroatoms. The van der Waals surface area contributed by atoms with E-state index in [-0.39, 0.29) is 11.2 Å². The van der Waals surface area contributed by atoms with Crippen molar-refractivity contribution in [3.05, 3.63) is 28.2 Å². The predicted octanol–water partition coefficient (Wildman–Crippen LogP) is 1.27. The van der Waals surface area contributed by atoms with Gasteiger partial charge in [0, 0.05) is 24.8 Å². The van der Waals surface area contributed by atoms with E-state index in [1.165, 1.54) is 12.3 Å². The molecule has 0 saturated carbocycles. The fraction of sp³-hybridized carbons (Fsp3) is 0.583. The van der Waals surface area contributed by atoms with Crippen molar-refractivity contribution in [2.75, 3.05) is 14.1 Å². The van der Waals surface area contributed by atoms with Crippen LogP contribution in [-0.4, -0.2) is 28.7 Å². The molecule has 0 spiro atoms. The summed E-state index contributed by atoms with van der Waals surface area (Å²) in [5, 5.41) is 9.42. The van der Waals surface area contributed by atoms with Crippen molar-refractivity contribution in [2.45, 2.75) is 26.9 Å². The van der Waals surface area contributed by atoms with Gasteiger partial charge in [0.2, 0.25) is 5.43 Å². The first-order chi connectivity index (χ1) is 7.40. The summed E-state index contributed by atoms with van der Waals surface area (Å²) in [5.41, 5.74) is 0.623. The van der Waals surface area contributed by atoms with Gasteiger partial charge in [0.15, 0.2) is 5.75 Å². The zero-order chi connectivity index (χ0) is 12.3. The van der Waals surface area contributed by atoms with Crippen LogP contribution < -0.4 is 5.43 Å². The Morgan fingerprint density at radius 2 is 2.06 bits per heavy atom. The quantitative estimate of drug-likeness (QED) is 0.837. The minimum absolute atomic E-state index is 0.178. The van der Waals surface area contributed by atoms with Crippen molar-refractivity contribution in [2.24, 2.45) is 5.92 Å². The van der Waals surface area contributed by atoms with Crippen molar-refractivity contribution in [3.8, 4) is 5.75 Å². The van der Waals surface area contributed by atoms with E-state index in [0.717, 1.165) is 12.2 Å². The first-order valence-electron chi connectivity index (χ1n) is 5.47. The van der Waals surface area contributed by atoms with Crippen molar-refractivity contribution in [1.82, 2.24) is 9.47 Å². The Morgan fingerprint density at radius 3 is 2.56 bits per heavy atom. The monoisotopic (exact) mass is 224 g/mol. The number of rotatable bonds is 4. The van der Waals surface area contributed by atoms with Gasteiger partial charge in [0.1, 0.15) is 0 Å². The molecule has 16 heavy (non-hydrogen) atoms. The molecule has 90 valence electrons. The number of nitrogens with zero attached hydrogens (tertiary/aromatic N) is 2. The van der Waals surface area contributed by atoms with E-state index in [1.54, 1.807) is 0 Å². The minimum Gasteiger partial charge on any atom is -0.503 e. The van der Waals surface area contributed by atoms with E-state index in [4.69, 9.17) is 0 Å². The molecule has 0 saturated heterocycles. The first-order valence-corrected chi connectivity index (χ1v) is 5.47. The lowest BCUT2D eigenvalue weighted by Crippen LogP contribution is -2.20. The molecule has 0 amide bonds. The molecule has 1 heterocycles. The van der Waals surface area contributed by atoms with E-state index in [9.17, 15) is 9.90 Å². The van der Waals surface area contributed by atoms with Gasteiger partial charge in [-0.05, 0) is 20.0 Å². The molecular formula is C12H20N2O2. The van der Waals surface area contributed by atoms with Crippen LogP contribution >= 0.6 is 0 Å². The van der Waals surface area contributed by atoms with Gasteiger partial charge in [-0.3, -0.25) is 4.79 Å². The van der Waals surface area contributed by atoms with Gasteiger partial charge in [0.25, 0.3) is 0 Å². The van der Waals surface area contributed by atoms with E-state index < -0.39 is 0 Å². The van der Waals surface area contributed by atoms with Gasteiger partial charge in [-0.25, -0.2) is 0 Å². The van der Waals surface area contributed by atoms with Crippen LogP contribution in [0.2, 0.25) is 0 Å². The molecular weight excluding hydrogens is 204 g/mol. The number of aromatic nitrogens is 1. The lowest BCUT2D eigenvalue weighted by molar-refractivity contribution is 0.373. The standard InChI is InChI=1S/C12H20N2O2/c1-9(2)6-14-8-12(16)11(15)5-10(14)7-13(3)4/h5,8-9,16H,6-7H2,1-4H3. The molecule has 0 aliphatic heterocycles. The highest BCUT2D eigenvalue weighted by Crippen LogP contribution is 2.09. The summed E-state index contributed by atoms with van der Waals surface area (Å²) in [4.78, 5) is 13.4. The van der Waals surface area contributed by atoms with Gasteiger partial charge >= 0.3 is 0 Å². The van der Waals surface area contributed by atoms with Crippen LogP contribution in [0, 0.1) is 5.92 Å². The molecule has 1 N–H and O–H groups in total. The van der Waals surface area contributed by atoms with Crippen molar-refractivity contribution >= 4 is 0 Å². The molecule has 0 unspecified atom stereocenters. The summed E-state index contributed by atoms with van der Waals surface area (Å²) >= 11 is 0. The number of pyridine rings is 1. The van der Waals surface area contributed by atoms with Crippen LogP contribution in [0.5, 0.6) is 5.75 Å². The molecule has 1 rings (SSSR count). The summed E-state index contributed by atoms with van der Waals surface area (Å²) in [7, 11) is 3.91. The predicted molar refractivity (Wildman–Crippen MR) is 64.6 cm³/mol. The Kier molecular flexibility index (Phi) is 4.12. The summed E-state index contributed by atoms with van der Waals surface area (Å²) < 4.78 is 1.95. The third-order valence-corrected chi connectivity index (χ3v) is 2.24. The first kappa shape index (κ1) is 12.8. The maximum atomic E-state index is 11.4. The van der Waals surface area contributed by atoms with Crippen LogP contribution in [0.15, 0.2) is 17.1 Å². The van der Waals surface area contributed by atoms with E-state index in [0.29, 0.717) is 12.5 Å². The van der Waals surface area contributed by atoms with Gasteiger partial charge < -0.3 is 14.6 Å². The van der Waals surface area contributed by atoms with Crippen LogP contribution in [0.25, 0.3) is 0 Å². The van der Waals surface area contributed by atoms with Crippen molar-refractivity contribution in [3.63, 3.8) is 0 Å². The molecule has 0 aromatic carbocycles. The summed E-state index contributed by atoms with van der Waals surface area (Å²) in [5.74, 6) is 0.297. The van der Waals surface area contributed by atoms with Crippen LogP contribution in [0.4, 0.5) is 0 Å². The lowest BCUT2D eigenvalue weighted by atomic mass is 10.2. The van der Waals surface area contributed by atoms with Gasteiger partial charge in [-0.15, -0.1) is 0 Å². The zero-order valence-electron chi connectivity index (χ0n) is 10.4. The Labute approximate surface area is 96.1 Å². The van der Waals surface area contributed by atoms with Gasteiger partial charge in [-0.1, -0.05) is 13.8 Å². The fourth-order valence-electron chi connectivity index (χ4n) is 1.63. The van der Waals surface area contributed by atoms with Crippen molar-refractivity contribution in [1.29, 1.82) is 0 Å². The zero-order valence-corrected chi connectivity index (χ0v) is 10.4. The summed E-state index contributed by atoms with van der Waals surface area (Å²) in [6.07, 6.45) is 1.53. The lowest BCUT2D eigenvalue weighted by Gasteiger charge is -2.18. The molecule has 0 aliphatic carbocycles. The van der Waals surface area contributed by atoms with Gasteiger partial charge in [-0.2, -0.15) is 0 Å². The largest absolute Gasteiger partial charge is 0.503 e. The molecule has 4 nitrogen and oxygen atoms in total. The number of hydrogen-bond acceptors (Lipinski definition) is 3. The Balaban J connectivity index is 3.11. The van der Waals surface area contributed by atoms with E-state index >= 15 is 0 Å². The van der Waals surface area contributed by atoms with Crippen LogP contribution in [-0.2, 0) is 13.1 Å². The molecule has 0 bridgehead atoms. The number of hydrogen-bond donors (Lipinski definition) is 1. The third-order valence-electron chi connectivity index (χ3n) is 2.24. The van der Waals surface area contributed by atoms with E-state index in [1.807, 2.05) is 23.6 Å². The summed E-state index contributed by atoms with van der Waals surface area (Å²) in [6, 6.07) is 1.51. The van der Waals surface area contributed by atoms with Crippen LogP contribution in [0.1, 0.15) is 19.5 Å². The Morgan fingerprint density at radius 1 is 1.44 bits per heavy atom.